The second-order valence-electron chi connectivity index (χ2n) is 7.43. The third kappa shape index (κ3) is 5.71. The zero-order valence-corrected chi connectivity index (χ0v) is 18.6. The van der Waals surface area contributed by atoms with Crippen LogP contribution in [0.5, 0.6) is 0 Å². The number of aromatic nitrogens is 2. The summed E-state index contributed by atoms with van der Waals surface area (Å²) in [6.07, 6.45) is 4.03. The first kappa shape index (κ1) is 20.6. The van der Waals surface area contributed by atoms with Crippen LogP contribution in [0, 0.1) is 5.92 Å². The number of amides is 1. The van der Waals surface area contributed by atoms with E-state index in [2.05, 4.69) is 48.5 Å². The largest absolute Gasteiger partial charge is 0.376 e. The quantitative estimate of drug-likeness (QED) is 0.681. The molecule has 0 unspecified atom stereocenters. The molecule has 0 aliphatic carbocycles. The predicted octanol–water partition coefficient (Wildman–Crippen LogP) is 3.90. The molecule has 0 saturated carbocycles. The molecule has 2 aromatic rings. The van der Waals surface area contributed by atoms with E-state index in [0.717, 1.165) is 65.6 Å². The first-order chi connectivity index (χ1) is 14.2. The molecule has 2 saturated heterocycles. The van der Waals surface area contributed by atoms with Gasteiger partial charge in [-0.25, -0.2) is 0 Å². The van der Waals surface area contributed by atoms with Gasteiger partial charge in [0.1, 0.15) is 5.03 Å². The first-order valence-corrected chi connectivity index (χ1v) is 11.7. The van der Waals surface area contributed by atoms with Gasteiger partial charge < -0.3 is 15.0 Å². The summed E-state index contributed by atoms with van der Waals surface area (Å²) < 4.78 is 6.64. The number of hydrogen-bond donors (Lipinski definition) is 1. The standard InChI is InChI=1S/C21H25BrN4O2S/c22-16-3-5-18(6-4-16)29-20-8-7-19(24-25-20)26-11-9-15(10-12-26)21(27)23-14-17-2-1-13-28-17/h3-8,15,17H,1-2,9-14H2,(H,23,27)/t17-/m0/s1. The summed E-state index contributed by atoms with van der Waals surface area (Å²) in [5, 5.41) is 12.7. The molecule has 4 rings (SSSR count). The molecule has 0 spiro atoms. The number of piperidine rings is 1. The van der Waals surface area contributed by atoms with Gasteiger partial charge in [-0.3, -0.25) is 4.79 Å². The molecule has 8 heteroatoms. The van der Waals surface area contributed by atoms with E-state index in [-0.39, 0.29) is 17.9 Å². The number of ether oxygens (including phenoxy) is 1. The van der Waals surface area contributed by atoms with Crippen molar-refractivity contribution in [3.8, 4) is 0 Å². The van der Waals surface area contributed by atoms with Crippen molar-refractivity contribution in [3.63, 3.8) is 0 Å². The van der Waals surface area contributed by atoms with E-state index in [1.54, 1.807) is 11.8 Å². The molecule has 29 heavy (non-hydrogen) atoms. The third-order valence-corrected chi connectivity index (χ3v) is 6.84. The van der Waals surface area contributed by atoms with Crippen molar-refractivity contribution in [1.29, 1.82) is 0 Å². The van der Waals surface area contributed by atoms with Gasteiger partial charge in [-0.1, -0.05) is 27.7 Å². The van der Waals surface area contributed by atoms with Crippen LogP contribution in [0.2, 0.25) is 0 Å². The van der Waals surface area contributed by atoms with Gasteiger partial charge in [-0.2, -0.15) is 0 Å². The average molecular weight is 477 g/mol. The van der Waals surface area contributed by atoms with E-state index in [1.807, 2.05) is 24.3 Å². The van der Waals surface area contributed by atoms with E-state index >= 15 is 0 Å². The molecule has 1 amide bonds. The molecule has 2 fully saturated rings. The maximum absolute atomic E-state index is 12.4. The van der Waals surface area contributed by atoms with Crippen molar-refractivity contribution >= 4 is 39.4 Å². The Kier molecular flexibility index (Phi) is 7.05. The minimum Gasteiger partial charge on any atom is -0.376 e. The fourth-order valence-electron chi connectivity index (χ4n) is 3.69. The van der Waals surface area contributed by atoms with Crippen LogP contribution < -0.4 is 10.2 Å². The van der Waals surface area contributed by atoms with Crippen molar-refractivity contribution in [1.82, 2.24) is 15.5 Å². The number of anilines is 1. The summed E-state index contributed by atoms with van der Waals surface area (Å²) in [5.41, 5.74) is 0. The lowest BCUT2D eigenvalue weighted by Gasteiger charge is -2.32. The maximum atomic E-state index is 12.4. The molecular formula is C21H25BrN4O2S. The minimum atomic E-state index is 0.0767. The normalized spacial score (nSPS) is 20.0. The Labute approximate surface area is 183 Å². The summed E-state index contributed by atoms with van der Waals surface area (Å²) in [6.45, 7) is 3.11. The van der Waals surface area contributed by atoms with Gasteiger partial charge >= 0.3 is 0 Å². The Bertz CT molecular complexity index is 804. The number of rotatable bonds is 6. The van der Waals surface area contributed by atoms with Crippen LogP contribution in [0.4, 0.5) is 5.82 Å². The smallest absolute Gasteiger partial charge is 0.223 e. The van der Waals surface area contributed by atoms with Crippen molar-refractivity contribution < 1.29 is 9.53 Å². The lowest BCUT2D eigenvalue weighted by atomic mass is 9.96. The molecule has 0 bridgehead atoms. The van der Waals surface area contributed by atoms with Crippen LogP contribution in [-0.4, -0.2) is 48.4 Å². The van der Waals surface area contributed by atoms with Gasteiger partial charge in [0.15, 0.2) is 5.82 Å². The summed E-state index contributed by atoms with van der Waals surface area (Å²) in [6, 6.07) is 12.2. The van der Waals surface area contributed by atoms with Gasteiger partial charge in [-0.15, -0.1) is 10.2 Å². The SMILES string of the molecule is O=C(NC[C@@H]1CCCO1)C1CCN(c2ccc(Sc3ccc(Br)cc3)nn2)CC1. The monoisotopic (exact) mass is 476 g/mol. The van der Waals surface area contributed by atoms with E-state index in [4.69, 9.17) is 4.74 Å². The van der Waals surface area contributed by atoms with E-state index in [1.165, 1.54) is 0 Å². The molecule has 6 nitrogen and oxygen atoms in total. The van der Waals surface area contributed by atoms with Gasteiger partial charge in [0.05, 0.1) is 6.10 Å². The lowest BCUT2D eigenvalue weighted by Crippen LogP contribution is -2.42. The Balaban J connectivity index is 1.24. The number of halogens is 1. The number of carbonyl (C=O) groups excluding carboxylic acids is 1. The van der Waals surface area contributed by atoms with Crippen LogP contribution in [0.3, 0.4) is 0 Å². The van der Waals surface area contributed by atoms with Crippen LogP contribution in [-0.2, 0) is 9.53 Å². The van der Waals surface area contributed by atoms with E-state index in [9.17, 15) is 4.79 Å². The van der Waals surface area contributed by atoms with Gasteiger partial charge in [0.25, 0.3) is 0 Å². The lowest BCUT2D eigenvalue weighted by molar-refractivity contribution is -0.126. The van der Waals surface area contributed by atoms with E-state index < -0.39 is 0 Å². The van der Waals surface area contributed by atoms with Crippen molar-refractivity contribution in [3.05, 3.63) is 40.9 Å². The van der Waals surface area contributed by atoms with Gasteiger partial charge in [0, 0.05) is 41.5 Å². The summed E-state index contributed by atoms with van der Waals surface area (Å²) in [7, 11) is 0. The van der Waals surface area contributed by atoms with Gasteiger partial charge in [0.2, 0.25) is 5.91 Å². The van der Waals surface area contributed by atoms with Crippen molar-refractivity contribution in [2.45, 2.75) is 41.7 Å². The Morgan fingerprint density at radius 3 is 2.59 bits per heavy atom. The molecule has 0 radical (unpaired) electrons. The summed E-state index contributed by atoms with van der Waals surface area (Å²) in [5.74, 6) is 1.11. The Morgan fingerprint density at radius 1 is 1.14 bits per heavy atom. The molecule has 1 aromatic heterocycles. The zero-order chi connectivity index (χ0) is 20.1. The summed E-state index contributed by atoms with van der Waals surface area (Å²) >= 11 is 5.04. The van der Waals surface area contributed by atoms with Gasteiger partial charge in [-0.05, 0) is 62.1 Å². The number of carbonyl (C=O) groups is 1. The van der Waals surface area contributed by atoms with Crippen LogP contribution in [0.1, 0.15) is 25.7 Å². The topological polar surface area (TPSA) is 67.3 Å². The molecule has 1 atom stereocenters. The van der Waals surface area contributed by atoms with Crippen LogP contribution in [0.15, 0.2) is 50.8 Å². The Morgan fingerprint density at radius 2 is 1.93 bits per heavy atom. The highest BCUT2D eigenvalue weighted by Gasteiger charge is 2.26. The molecule has 1 N–H and O–H groups in total. The number of benzene rings is 1. The van der Waals surface area contributed by atoms with Crippen LogP contribution >= 0.6 is 27.7 Å². The highest BCUT2D eigenvalue weighted by Crippen LogP contribution is 2.28. The Hall–Kier alpha value is -1.64. The first-order valence-electron chi connectivity index (χ1n) is 10.1. The number of nitrogens with one attached hydrogen (secondary N) is 1. The van der Waals surface area contributed by atoms with Crippen LogP contribution in [0.25, 0.3) is 0 Å². The molecule has 3 heterocycles. The van der Waals surface area contributed by atoms with Crippen molar-refractivity contribution in [2.24, 2.45) is 5.92 Å². The average Bonchev–Trinajstić information content (AvgIpc) is 3.28. The fraction of sp³-hybridized carbons (Fsp3) is 0.476. The van der Waals surface area contributed by atoms with E-state index in [0.29, 0.717) is 6.54 Å². The second kappa shape index (κ2) is 9.91. The van der Waals surface area contributed by atoms with Crippen molar-refractivity contribution in [2.75, 3.05) is 31.1 Å². The highest BCUT2D eigenvalue weighted by molar-refractivity contribution is 9.10. The third-order valence-electron chi connectivity index (χ3n) is 5.38. The number of nitrogens with zero attached hydrogens (tertiary/aromatic N) is 3. The minimum absolute atomic E-state index is 0.0767. The molecular weight excluding hydrogens is 452 g/mol. The summed E-state index contributed by atoms with van der Waals surface area (Å²) in [4.78, 5) is 15.8. The fourth-order valence-corrected chi connectivity index (χ4v) is 4.69. The molecule has 154 valence electrons. The maximum Gasteiger partial charge on any atom is 0.223 e. The highest BCUT2D eigenvalue weighted by atomic mass is 79.9. The molecule has 1 aromatic carbocycles. The molecule has 2 aliphatic heterocycles. The zero-order valence-electron chi connectivity index (χ0n) is 16.2. The molecule has 2 aliphatic rings. The predicted molar refractivity (Wildman–Crippen MR) is 117 cm³/mol. The number of hydrogen-bond acceptors (Lipinski definition) is 6. The second-order valence-corrected chi connectivity index (χ2v) is 9.44.